The van der Waals surface area contributed by atoms with Crippen LogP contribution in [-0.4, -0.2) is 19.7 Å². The fourth-order valence-corrected chi connectivity index (χ4v) is 2.93. The Hall–Kier alpha value is -0.0900. The van der Waals surface area contributed by atoms with Crippen LogP contribution in [-0.2, 0) is 10.0 Å². The molecule has 0 spiro atoms. The maximum Gasteiger partial charge on any atom is 0.214 e. The van der Waals surface area contributed by atoms with Gasteiger partial charge in [0, 0.05) is 6.04 Å². The van der Waals surface area contributed by atoms with Crippen LogP contribution in [0.5, 0.6) is 0 Å². The fraction of sp³-hybridized carbons (Fsp3) is 1.00. The summed E-state index contributed by atoms with van der Waals surface area (Å²) in [5.74, 6) is 0.545. The zero-order valence-electron chi connectivity index (χ0n) is 9.29. The summed E-state index contributed by atoms with van der Waals surface area (Å²) in [5.41, 5.74) is 0. The highest BCUT2D eigenvalue weighted by atomic mass is 32.2. The predicted octanol–water partition coefficient (Wildman–Crippen LogP) is 1.89. The van der Waals surface area contributed by atoms with Crippen LogP contribution >= 0.6 is 0 Å². The average molecular weight is 219 g/mol. The van der Waals surface area contributed by atoms with Gasteiger partial charge in [0.25, 0.3) is 0 Å². The van der Waals surface area contributed by atoms with Crippen molar-refractivity contribution in [3.63, 3.8) is 0 Å². The molecule has 1 rings (SSSR count). The standard InChI is InChI=1S/C10H21NO2S/c1-8(2)14(12,13)11-9(3)10-6-4-5-7-10/h8-11H,4-7H2,1-3H3. The van der Waals surface area contributed by atoms with E-state index >= 15 is 0 Å². The maximum absolute atomic E-state index is 11.6. The Morgan fingerprint density at radius 1 is 1.14 bits per heavy atom. The van der Waals surface area contributed by atoms with Gasteiger partial charge in [0.2, 0.25) is 10.0 Å². The van der Waals surface area contributed by atoms with Crippen molar-refractivity contribution in [3.05, 3.63) is 0 Å². The van der Waals surface area contributed by atoms with Crippen molar-refractivity contribution < 1.29 is 8.42 Å². The van der Waals surface area contributed by atoms with E-state index in [1.54, 1.807) is 13.8 Å². The van der Waals surface area contributed by atoms with E-state index in [4.69, 9.17) is 0 Å². The third-order valence-electron chi connectivity index (χ3n) is 3.08. The number of hydrogen-bond acceptors (Lipinski definition) is 2. The van der Waals surface area contributed by atoms with Crippen LogP contribution in [0.15, 0.2) is 0 Å². The SMILES string of the molecule is CC(NS(=O)(=O)C(C)C)C1CCCC1. The van der Waals surface area contributed by atoms with E-state index in [9.17, 15) is 8.42 Å². The summed E-state index contributed by atoms with van der Waals surface area (Å²) in [6, 6.07) is 0.102. The Kier molecular flexibility index (Phi) is 3.95. The third-order valence-corrected chi connectivity index (χ3v) is 5.02. The van der Waals surface area contributed by atoms with E-state index in [0.29, 0.717) is 5.92 Å². The molecule has 0 aromatic carbocycles. The summed E-state index contributed by atoms with van der Waals surface area (Å²) < 4.78 is 25.9. The zero-order chi connectivity index (χ0) is 10.8. The Balaban J connectivity index is 2.51. The van der Waals surface area contributed by atoms with Gasteiger partial charge in [-0.25, -0.2) is 13.1 Å². The lowest BCUT2D eigenvalue weighted by molar-refractivity contribution is 0.422. The lowest BCUT2D eigenvalue weighted by atomic mass is 10.0. The number of sulfonamides is 1. The van der Waals surface area contributed by atoms with E-state index in [0.717, 1.165) is 0 Å². The lowest BCUT2D eigenvalue weighted by Crippen LogP contribution is -2.40. The first-order valence-electron chi connectivity index (χ1n) is 5.44. The molecule has 1 aliphatic rings. The van der Waals surface area contributed by atoms with Gasteiger partial charge in [-0.2, -0.15) is 0 Å². The van der Waals surface area contributed by atoms with E-state index in [2.05, 4.69) is 4.72 Å². The lowest BCUT2D eigenvalue weighted by Gasteiger charge is -2.21. The quantitative estimate of drug-likeness (QED) is 0.785. The number of nitrogens with one attached hydrogen (secondary N) is 1. The molecule has 1 saturated carbocycles. The molecule has 3 nitrogen and oxygen atoms in total. The minimum absolute atomic E-state index is 0.102. The van der Waals surface area contributed by atoms with Gasteiger partial charge < -0.3 is 0 Å². The predicted molar refractivity (Wildman–Crippen MR) is 58.6 cm³/mol. The first-order chi connectivity index (χ1) is 6.43. The maximum atomic E-state index is 11.6. The van der Waals surface area contributed by atoms with Gasteiger partial charge in [0.1, 0.15) is 0 Å². The monoisotopic (exact) mass is 219 g/mol. The van der Waals surface area contributed by atoms with Crippen LogP contribution in [0.25, 0.3) is 0 Å². The molecule has 0 heterocycles. The van der Waals surface area contributed by atoms with Crippen LogP contribution in [0.3, 0.4) is 0 Å². The smallest absolute Gasteiger partial charge is 0.212 e. The van der Waals surface area contributed by atoms with Crippen LogP contribution < -0.4 is 4.72 Å². The summed E-state index contributed by atoms with van der Waals surface area (Å²) in [6.45, 7) is 5.41. The second kappa shape index (κ2) is 4.62. The van der Waals surface area contributed by atoms with Gasteiger partial charge in [-0.15, -0.1) is 0 Å². The molecular weight excluding hydrogens is 198 g/mol. The first-order valence-corrected chi connectivity index (χ1v) is 6.99. The average Bonchev–Trinajstić information content (AvgIpc) is 2.54. The van der Waals surface area contributed by atoms with Gasteiger partial charge in [-0.05, 0) is 39.5 Å². The topological polar surface area (TPSA) is 46.2 Å². The third kappa shape index (κ3) is 2.95. The summed E-state index contributed by atoms with van der Waals surface area (Å²) in [7, 11) is -3.08. The molecule has 1 aliphatic carbocycles. The molecule has 84 valence electrons. The molecule has 1 atom stereocenters. The molecule has 0 saturated heterocycles. The van der Waals surface area contributed by atoms with Crippen molar-refractivity contribution in [2.45, 2.75) is 57.7 Å². The molecule has 0 radical (unpaired) electrons. The van der Waals surface area contributed by atoms with Crippen LogP contribution in [0, 0.1) is 5.92 Å². The summed E-state index contributed by atoms with van der Waals surface area (Å²) in [4.78, 5) is 0. The van der Waals surface area contributed by atoms with E-state index < -0.39 is 10.0 Å². The van der Waals surface area contributed by atoms with Crippen LogP contribution in [0.2, 0.25) is 0 Å². The molecule has 0 aliphatic heterocycles. The van der Waals surface area contributed by atoms with Gasteiger partial charge in [0.05, 0.1) is 5.25 Å². The van der Waals surface area contributed by atoms with Crippen molar-refractivity contribution in [1.82, 2.24) is 4.72 Å². The molecule has 4 heteroatoms. The zero-order valence-corrected chi connectivity index (χ0v) is 10.1. The van der Waals surface area contributed by atoms with Crippen molar-refractivity contribution in [1.29, 1.82) is 0 Å². The summed E-state index contributed by atoms with van der Waals surface area (Å²) >= 11 is 0. The van der Waals surface area contributed by atoms with E-state index in [1.807, 2.05) is 6.92 Å². The Bertz CT molecular complexity index is 266. The summed E-state index contributed by atoms with van der Waals surface area (Å²) in [6.07, 6.45) is 4.83. The second-order valence-corrected chi connectivity index (χ2v) is 6.81. The minimum Gasteiger partial charge on any atom is -0.212 e. The van der Waals surface area contributed by atoms with Crippen LogP contribution in [0.1, 0.15) is 46.5 Å². The van der Waals surface area contributed by atoms with Crippen molar-refractivity contribution in [2.75, 3.05) is 0 Å². The number of hydrogen-bond donors (Lipinski definition) is 1. The van der Waals surface area contributed by atoms with E-state index in [-0.39, 0.29) is 11.3 Å². The first kappa shape index (κ1) is 12.0. The minimum atomic E-state index is -3.08. The fourth-order valence-electron chi connectivity index (χ4n) is 1.95. The van der Waals surface area contributed by atoms with Gasteiger partial charge >= 0.3 is 0 Å². The second-order valence-electron chi connectivity index (χ2n) is 4.54. The molecule has 14 heavy (non-hydrogen) atoms. The van der Waals surface area contributed by atoms with Gasteiger partial charge in [-0.3, -0.25) is 0 Å². The Morgan fingerprint density at radius 2 is 1.64 bits per heavy atom. The molecule has 1 N–H and O–H groups in total. The molecule has 1 fully saturated rings. The van der Waals surface area contributed by atoms with Crippen molar-refractivity contribution in [3.8, 4) is 0 Å². The highest BCUT2D eigenvalue weighted by Gasteiger charge is 2.26. The molecular formula is C10H21NO2S. The van der Waals surface area contributed by atoms with E-state index in [1.165, 1.54) is 25.7 Å². The molecule has 0 aromatic rings. The normalized spacial score (nSPS) is 21.7. The Labute approximate surface area is 87.3 Å². The van der Waals surface area contributed by atoms with Gasteiger partial charge in [0.15, 0.2) is 0 Å². The van der Waals surface area contributed by atoms with Crippen molar-refractivity contribution >= 4 is 10.0 Å². The molecule has 0 bridgehead atoms. The van der Waals surface area contributed by atoms with Gasteiger partial charge in [-0.1, -0.05) is 12.8 Å². The molecule has 0 amide bonds. The summed E-state index contributed by atoms with van der Waals surface area (Å²) in [5, 5.41) is -0.327. The highest BCUT2D eigenvalue weighted by molar-refractivity contribution is 7.90. The Morgan fingerprint density at radius 3 is 2.07 bits per heavy atom. The molecule has 0 aromatic heterocycles. The van der Waals surface area contributed by atoms with Crippen LogP contribution in [0.4, 0.5) is 0 Å². The molecule has 1 unspecified atom stereocenters. The van der Waals surface area contributed by atoms with Crippen molar-refractivity contribution in [2.24, 2.45) is 5.92 Å². The largest absolute Gasteiger partial charge is 0.214 e. The number of rotatable bonds is 4. The highest BCUT2D eigenvalue weighted by Crippen LogP contribution is 2.27.